The molecule has 0 bridgehead atoms. The maximum atomic E-state index is 15.0. The third-order valence-electron chi connectivity index (χ3n) is 8.30. The van der Waals surface area contributed by atoms with E-state index in [4.69, 9.17) is 0 Å². The van der Waals surface area contributed by atoms with Crippen LogP contribution in [0, 0.1) is 5.41 Å². The molecule has 3 aromatic carbocycles. The third-order valence-corrected chi connectivity index (χ3v) is 9.36. The lowest BCUT2D eigenvalue weighted by Crippen LogP contribution is -2.65. The van der Waals surface area contributed by atoms with Gasteiger partial charge in [0.2, 0.25) is 0 Å². The number of rotatable bonds is 2. The quantitative estimate of drug-likeness (QED) is 0.375. The Morgan fingerprint density at radius 1 is 0.919 bits per heavy atom. The van der Waals surface area contributed by atoms with Crippen LogP contribution in [0.3, 0.4) is 0 Å². The summed E-state index contributed by atoms with van der Waals surface area (Å²) in [6, 6.07) is 24.0. The molecule has 7 heteroatoms. The Labute approximate surface area is 233 Å². The first-order valence-corrected chi connectivity index (χ1v) is 13.9. The van der Waals surface area contributed by atoms with Crippen LogP contribution in [0.15, 0.2) is 87.3 Å². The van der Waals surface area contributed by atoms with Crippen molar-refractivity contribution < 1.29 is 9.59 Å². The van der Waals surface area contributed by atoms with Crippen molar-refractivity contribution >= 4 is 55.3 Å². The number of piperidine rings is 1. The predicted octanol–water partition coefficient (Wildman–Crippen LogP) is 5.67. The number of benzene rings is 3. The van der Waals surface area contributed by atoms with Gasteiger partial charge in [-0.2, -0.15) is 0 Å². The van der Waals surface area contributed by atoms with E-state index in [1.807, 2.05) is 80.8 Å². The van der Waals surface area contributed by atoms with Gasteiger partial charge >= 0.3 is 0 Å². The topological polar surface area (TPSA) is 52.7 Å². The number of Topliss-reactive ketones (excluding diaryl/α,β-unsaturated/α-hetero) is 1. The van der Waals surface area contributed by atoms with Crippen molar-refractivity contribution in [3.63, 3.8) is 0 Å². The molecule has 6 rings (SSSR count). The molecule has 1 amide bonds. The maximum Gasteiger partial charge on any atom is 0.250 e. The molecule has 0 radical (unpaired) electrons. The number of hydrogen-bond donors (Lipinski definition) is 1. The Morgan fingerprint density at radius 3 is 2.27 bits per heavy atom. The normalized spacial score (nSPS) is 28.9. The van der Waals surface area contributed by atoms with Gasteiger partial charge in [-0.05, 0) is 61.6 Å². The van der Waals surface area contributed by atoms with Crippen LogP contribution in [0.25, 0.3) is 6.08 Å². The van der Waals surface area contributed by atoms with Gasteiger partial charge in [-0.25, -0.2) is 0 Å². The molecule has 0 unspecified atom stereocenters. The molecular formula is C30H27Br2N3O2. The molecule has 5 nitrogen and oxygen atoms in total. The number of para-hydroxylation sites is 1. The summed E-state index contributed by atoms with van der Waals surface area (Å²) in [5, 5.41) is 3.14. The second-order valence-electron chi connectivity index (χ2n) is 10.4. The highest BCUT2D eigenvalue weighted by Crippen LogP contribution is 2.64. The Kier molecular flexibility index (Phi) is 6.03. The van der Waals surface area contributed by atoms with Crippen LogP contribution in [0.5, 0.6) is 0 Å². The number of carbonyl (C=O) groups excluding carboxylic acids is 2. The zero-order chi connectivity index (χ0) is 25.9. The van der Waals surface area contributed by atoms with E-state index in [-0.39, 0.29) is 17.6 Å². The second kappa shape index (κ2) is 9.02. The summed E-state index contributed by atoms with van der Waals surface area (Å²) in [6.45, 7) is 1.61. The van der Waals surface area contributed by atoms with Gasteiger partial charge in [-0.15, -0.1) is 0 Å². The summed E-state index contributed by atoms with van der Waals surface area (Å²) in [4.78, 5) is 33.4. The largest absolute Gasteiger partial charge is 0.324 e. The van der Waals surface area contributed by atoms with Gasteiger partial charge in [0.25, 0.3) is 5.91 Å². The van der Waals surface area contributed by atoms with E-state index in [2.05, 4.69) is 59.1 Å². The first-order chi connectivity index (χ1) is 17.8. The Bertz CT molecular complexity index is 1440. The molecular weight excluding hydrogens is 594 g/mol. The monoisotopic (exact) mass is 619 g/mol. The Morgan fingerprint density at radius 2 is 1.57 bits per heavy atom. The number of fused-ring (bicyclic) bond motifs is 3. The van der Waals surface area contributed by atoms with Crippen molar-refractivity contribution in [2.75, 3.05) is 39.0 Å². The zero-order valence-corrected chi connectivity index (χ0v) is 23.8. The first-order valence-electron chi connectivity index (χ1n) is 12.3. The van der Waals surface area contributed by atoms with Crippen LogP contribution < -0.4 is 5.32 Å². The molecule has 3 heterocycles. The molecule has 0 aromatic heterocycles. The molecule has 3 aliphatic rings. The summed E-state index contributed by atoms with van der Waals surface area (Å²) in [5.41, 5.74) is 2.30. The van der Waals surface area contributed by atoms with Gasteiger partial charge < -0.3 is 10.2 Å². The highest BCUT2D eigenvalue weighted by Gasteiger charge is 2.74. The third kappa shape index (κ3) is 3.55. The minimum Gasteiger partial charge on any atom is -0.324 e. The number of halogens is 2. The SMILES string of the molecule is CN1C/C(=C\c2ccc(Br)cc2)C(=O)[C@]2(C1)[C@@H](c1ccc(Br)cc1)CN(C)[C@@]21C(=O)Nc2ccccc21. The number of nitrogens with one attached hydrogen (secondary N) is 1. The van der Waals surface area contributed by atoms with Gasteiger partial charge in [-0.3, -0.25) is 14.5 Å². The molecule has 3 atom stereocenters. The van der Waals surface area contributed by atoms with E-state index < -0.39 is 11.0 Å². The van der Waals surface area contributed by atoms with Crippen LogP contribution >= 0.6 is 31.9 Å². The molecule has 1 N–H and O–H groups in total. The highest BCUT2D eigenvalue weighted by atomic mass is 79.9. The number of likely N-dealkylation sites (tertiary alicyclic amines) is 2. The fourth-order valence-electron chi connectivity index (χ4n) is 6.93. The fourth-order valence-corrected chi connectivity index (χ4v) is 7.46. The van der Waals surface area contributed by atoms with E-state index in [1.165, 1.54) is 0 Å². The lowest BCUT2D eigenvalue weighted by molar-refractivity contribution is -0.146. The van der Waals surface area contributed by atoms with E-state index in [1.54, 1.807) is 0 Å². The zero-order valence-electron chi connectivity index (χ0n) is 20.7. The average Bonchev–Trinajstić information content (AvgIpc) is 3.32. The van der Waals surface area contributed by atoms with Gasteiger partial charge in [0.1, 0.15) is 5.54 Å². The van der Waals surface area contributed by atoms with Gasteiger partial charge in [0.15, 0.2) is 5.78 Å². The van der Waals surface area contributed by atoms with Crippen molar-refractivity contribution in [3.05, 3.63) is 104 Å². The first kappa shape index (κ1) is 24.7. The number of ketones is 1. The molecule has 0 saturated carbocycles. The number of anilines is 1. The van der Waals surface area contributed by atoms with Crippen molar-refractivity contribution in [2.24, 2.45) is 5.41 Å². The minimum atomic E-state index is -1.12. The van der Waals surface area contributed by atoms with E-state index in [0.717, 1.165) is 36.9 Å². The van der Waals surface area contributed by atoms with Crippen LogP contribution in [0.1, 0.15) is 22.6 Å². The van der Waals surface area contributed by atoms with E-state index in [9.17, 15) is 9.59 Å². The van der Waals surface area contributed by atoms with E-state index >= 15 is 0 Å². The molecule has 188 valence electrons. The lowest BCUT2D eigenvalue weighted by Gasteiger charge is -2.50. The number of nitrogens with zero attached hydrogens (tertiary/aromatic N) is 2. The maximum absolute atomic E-state index is 15.0. The number of hydrogen-bond acceptors (Lipinski definition) is 4. The van der Waals surface area contributed by atoms with Gasteiger partial charge in [-0.1, -0.05) is 74.3 Å². The summed E-state index contributed by atoms with van der Waals surface area (Å²) in [7, 11) is 4.04. The van der Waals surface area contributed by atoms with Crippen molar-refractivity contribution in [2.45, 2.75) is 11.5 Å². The van der Waals surface area contributed by atoms with Gasteiger partial charge in [0.05, 0.1) is 5.41 Å². The Balaban J connectivity index is 1.62. The summed E-state index contributed by atoms with van der Waals surface area (Å²) >= 11 is 7.05. The molecule has 37 heavy (non-hydrogen) atoms. The number of likely N-dealkylation sites (N-methyl/N-ethyl adjacent to an activating group) is 2. The average molecular weight is 621 g/mol. The molecule has 2 saturated heterocycles. The van der Waals surface area contributed by atoms with Crippen molar-refractivity contribution in [1.82, 2.24) is 9.80 Å². The fraction of sp³-hybridized carbons (Fsp3) is 0.267. The highest BCUT2D eigenvalue weighted by molar-refractivity contribution is 9.10. The Hall–Kier alpha value is -2.58. The molecule has 2 fully saturated rings. The number of amides is 1. The summed E-state index contributed by atoms with van der Waals surface area (Å²) in [6.07, 6.45) is 2.00. The van der Waals surface area contributed by atoms with Crippen molar-refractivity contribution in [3.8, 4) is 0 Å². The van der Waals surface area contributed by atoms with E-state index in [0.29, 0.717) is 19.6 Å². The standard InChI is InChI=1S/C30H27Br2N3O2/c1-34-16-21(15-19-7-11-22(31)12-8-19)27(36)29(18-34)25(20-9-13-23(32)14-10-20)17-35(2)30(29)24-5-3-4-6-26(24)33-28(30)37/h3-15,25H,16-18H2,1-2H3,(H,33,37)/b21-15+/t25-,29+,30+/m1/s1. The number of carbonyl (C=O) groups is 2. The summed E-state index contributed by atoms with van der Waals surface area (Å²) in [5.74, 6) is -0.244. The molecule has 0 aliphatic carbocycles. The molecule has 3 aliphatic heterocycles. The molecule has 3 aromatic rings. The molecule has 2 spiro atoms. The second-order valence-corrected chi connectivity index (χ2v) is 12.2. The smallest absolute Gasteiger partial charge is 0.250 e. The minimum absolute atomic E-state index is 0.0534. The van der Waals surface area contributed by atoms with Crippen LogP contribution in [-0.2, 0) is 15.1 Å². The van der Waals surface area contributed by atoms with Crippen LogP contribution in [0.2, 0.25) is 0 Å². The summed E-state index contributed by atoms with van der Waals surface area (Å²) < 4.78 is 1.97. The van der Waals surface area contributed by atoms with Gasteiger partial charge in [0, 0.05) is 51.3 Å². The van der Waals surface area contributed by atoms with Crippen LogP contribution in [-0.4, -0.2) is 55.2 Å². The predicted molar refractivity (Wildman–Crippen MR) is 153 cm³/mol. The van der Waals surface area contributed by atoms with Crippen molar-refractivity contribution in [1.29, 1.82) is 0 Å². The lowest BCUT2D eigenvalue weighted by atomic mass is 9.56. The van der Waals surface area contributed by atoms with Crippen LogP contribution in [0.4, 0.5) is 5.69 Å².